The molecule has 0 aromatic heterocycles. The summed E-state index contributed by atoms with van der Waals surface area (Å²) in [6.45, 7) is 10.5. The van der Waals surface area contributed by atoms with E-state index in [1.165, 1.54) is 45.1 Å². The Kier molecular flexibility index (Phi) is 6.04. The Morgan fingerprint density at radius 1 is 1.18 bits per heavy atom. The van der Waals surface area contributed by atoms with Crippen LogP contribution in [0.3, 0.4) is 0 Å². The third-order valence-electron chi connectivity index (χ3n) is 11.6. The zero-order valence-electron chi connectivity index (χ0n) is 22.0. The molecule has 1 spiro atoms. The average Bonchev–Trinajstić information content (AvgIpc) is 3.25. The van der Waals surface area contributed by atoms with E-state index in [0.717, 1.165) is 42.6 Å². The molecule has 5 rings (SSSR count). The molecule has 5 aliphatic rings. The van der Waals surface area contributed by atoms with Crippen LogP contribution in [0.25, 0.3) is 0 Å². The number of carbonyl (C=O) groups excluding carboxylic acids is 1. The molecule has 1 saturated heterocycles. The second-order valence-electron chi connectivity index (χ2n) is 13.4. The smallest absolute Gasteiger partial charge is 0.251 e. The van der Waals surface area contributed by atoms with E-state index < -0.39 is 6.10 Å². The predicted octanol–water partition coefficient (Wildman–Crippen LogP) is 5.11. The zero-order chi connectivity index (χ0) is 23.7. The molecule has 33 heavy (non-hydrogen) atoms. The molecule has 1 heterocycles. The molecule has 9 atom stereocenters. The topological polar surface area (TPSA) is 43.8 Å². The molecule has 1 unspecified atom stereocenters. The summed E-state index contributed by atoms with van der Waals surface area (Å²) in [5.41, 5.74) is 2.53. The first-order valence-corrected chi connectivity index (χ1v) is 13.9. The van der Waals surface area contributed by atoms with Crippen LogP contribution in [-0.2, 0) is 4.79 Å². The number of aliphatic hydroxyl groups excluding tert-OH is 1. The molecule has 4 nitrogen and oxygen atoms in total. The van der Waals surface area contributed by atoms with Gasteiger partial charge >= 0.3 is 0 Å². The van der Waals surface area contributed by atoms with Crippen molar-refractivity contribution in [2.24, 2.45) is 40.4 Å². The van der Waals surface area contributed by atoms with Gasteiger partial charge in [-0.3, -0.25) is 4.79 Å². The van der Waals surface area contributed by atoms with Gasteiger partial charge in [-0.2, -0.15) is 0 Å². The van der Waals surface area contributed by atoms with Crippen LogP contribution in [0.15, 0.2) is 11.6 Å². The van der Waals surface area contributed by atoms with Gasteiger partial charge < -0.3 is 14.9 Å². The number of rotatable bonds is 4. The third kappa shape index (κ3) is 3.56. The number of aliphatic hydroxyl groups is 1. The minimum atomic E-state index is -0.857. The average molecular weight is 457 g/mol. The first-order chi connectivity index (χ1) is 15.6. The molecular weight excluding hydrogens is 408 g/mol. The first-order valence-electron chi connectivity index (χ1n) is 13.9. The van der Waals surface area contributed by atoms with E-state index in [0.29, 0.717) is 23.2 Å². The number of hydrogen-bond donors (Lipinski definition) is 1. The van der Waals surface area contributed by atoms with Crippen molar-refractivity contribution in [2.75, 3.05) is 20.6 Å². The van der Waals surface area contributed by atoms with E-state index in [2.05, 4.69) is 45.7 Å². The van der Waals surface area contributed by atoms with Gasteiger partial charge in [0.25, 0.3) is 5.91 Å². The summed E-state index contributed by atoms with van der Waals surface area (Å²) in [5.74, 6) is 3.76. The van der Waals surface area contributed by atoms with Crippen LogP contribution in [0.5, 0.6) is 0 Å². The second kappa shape index (κ2) is 8.36. The van der Waals surface area contributed by atoms with Crippen molar-refractivity contribution in [1.82, 2.24) is 9.80 Å². The van der Waals surface area contributed by atoms with Crippen LogP contribution >= 0.6 is 0 Å². The maximum Gasteiger partial charge on any atom is 0.251 e. The lowest BCUT2D eigenvalue weighted by atomic mass is 9.47. The van der Waals surface area contributed by atoms with E-state index in [1.54, 1.807) is 5.57 Å². The lowest BCUT2D eigenvalue weighted by Gasteiger charge is -2.58. The molecular formula is C29H48N2O2. The van der Waals surface area contributed by atoms with Crippen LogP contribution in [-0.4, -0.2) is 59.6 Å². The lowest BCUT2D eigenvalue weighted by molar-refractivity contribution is -0.142. The van der Waals surface area contributed by atoms with E-state index in [9.17, 15) is 9.90 Å². The van der Waals surface area contributed by atoms with E-state index in [-0.39, 0.29) is 11.9 Å². The normalized spacial score (nSPS) is 45.6. The van der Waals surface area contributed by atoms with E-state index >= 15 is 0 Å². The summed E-state index contributed by atoms with van der Waals surface area (Å²) < 4.78 is 0. The fraction of sp³-hybridized carbons (Fsp3) is 0.897. The lowest BCUT2D eigenvalue weighted by Crippen LogP contribution is -2.53. The molecule has 1 amide bonds. The van der Waals surface area contributed by atoms with E-state index in [4.69, 9.17) is 0 Å². The Labute approximate surface area is 202 Å². The fourth-order valence-corrected chi connectivity index (χ4v) is 9.74. The highest BCUT2D eigenvalue weighted by Gasteiger charge is 2.64. The van der Waals surface area contributed by atoms with Gasteiger partial charge in [0.2, 0.25) is 0 Å². The predicted molar refractivity (Wildman–Crippen MR) is 134 cm³/mol. The summed E-state index contributed by atoms with van der Waals surface area (Å²) in [4.78, 5) is 17.4. The summed E-state index contributed by atoms with van der Waals surface area (Å²) >= 11 is 0. The number of fused-ring (bicyclic) bond motifs is 4. The Hall–Kier alpha value is -0.870. The standard InChI is InChI=1S/C29H48N2O2/c1-18(2)15-26(32)27(33)31(6)21-11-13-28(4)20(16-21)7-8-22-24(28)12-14-29-17-30(5)19(3)23(29)9-10-25(22)29/h7,18-19,21-26,32H,8-17H2,1-6H3/t19-,21-,22+,23+,24-,25-,26?,28-,29-/m0/s1. The van der Waals surface area contributed by atoms with Gasteiger partial charge in [-0.15, -0.1) is 0 Å². The van der Waals surface area contributed by atoms with Crippen molar-refractivity contribution in [3.8, 4) is 0 Å². The Morgan fingerprint density at radius 2 is 1.91 bits per heavy atom. The monoisotopic (exact) mass is 456 g/mol. The molecule has 4 fully saturated rings. The Balaban J connectivity index is 1.32. The molecule has 1 N–H and O–H groups in total. The summed E-state index contributed by atoms with van der Waals surface area (Å²) in [6, 6.07) is 0.997. The van der Waals surface area contributed by atoms with Gasteiger partial charge in [0, 0.05) is 25.7 Å². The highest BCUT2D eigenvalue weighted by Crippen LogP contribution is 2.68. The highest BCUT2D eigenvalue weighted by atomic mass is 16.3. The third-order valence-corrected chi connectivity index (χ3v) is 11.6. The van der Waals surface area contributed by atoms with Gasteiger partial charge in [0.05, 0.1) is 0 Å². The maximum absolute atomic E-state index is 12.9. The number of amides is 1. The molecule has 0 radical (unpaired) electrons. The van der Waals surface area contributed by atoms with Crippen LogP contribution in [0.2, 0.25) is 0 Å². The number of nitrogens with zero attached hydrogens (tertiary/aromatic N) is 2. The van der Waals surface area contributed by atoms with Crippen molar-refractivity contribution < 1.29 is 9.90 Å². The molecule has 186 valence electrons. The highest BCUT2D eigenvalue weighted by molar-refractivity contribution is 5.80. The van der Waals surface area contributed by atoms with Crippen LogP contribution in [0, 0.1) is 40.4 Å². The zero-order valence-corrected chi connectivity index (χ0v) is 22.0. The molecule has 3 saturated carbocycles. The molecule has 1 aliphatic heterocycles. The van der Waals surface area contributed by atoms with Crippen LogP contribution < -0.4 is 0 Å². The van der Waals surface area contributed by atoms with Crippen molar-refractivity contribution in [3.63, 3.8) is 0 Å². The number of likely N-dealkylation sites (N-methyl/N-ethyl adjacent to an activating group) is 1. The Morgan fingerprint density at radius 3 is 2.64 bits per heavy atom. The maximum atomic E-state index is 12.9. The summed E-state index contributed by atoms with van der Waals surface area (Å²) in [7, 11) is 4.28. The van der Waals surface area contributed by atoms with Crippen molar-refractivity contribution in [3.05, 3.63) is 11.6 Å². The largest absolute Gasteiger partial charge is 0.383 e. The molecule has 4 aliphatic carbocycles. The minimum Gasteiger partial charge on any atom is -0.383 e. The van der Waals surface area contributed by atoms with Gasteiger partial charge in [0.1, 0.15) is 6.10 Å². The Bertz CT molecular complexity index is 807. The van der Waals surface area contributed by atoms with Gasteiger partial charge in [-0.1, -0.05) is 32.4 Å². The van der Waals surface area contributed by atoms with Gasteiger partial charge in [0.15, 0.2) is 0 Å². The number of carbonyl (C=O) groups is 1. The molecule has 0 aromatic carbocycles. The van der Waals surface area contributed by atoms with Gasteiger partial charge in [-0.25, -0.2) is 0 Å². The van der Waals surface area contributed by atoms with Crippen molar-refractivity contribution in [2.45, 2.75) is 104 Å². The summed E-state index contributed by atoms with van der Waals surface area (Å²) in [6.07, 6.45) is 12.6. The fourth-order valence-electron chi connectivity index (χ4n) is 9.74. The quantitative estimate of drug-likeness (QED) is 0.598. The van der Waals surface area contributed by atoms with Crippen molar-refractivity contribution >= 4 is 5.91 Å². The number of allylic oxidation sites excluding steroid dienone is 1. The second-order valence-corrected chi connectivity index (χ2v) is 13.4. The van der Waals surface area contributed by atoms with Crippen molar-refractivity contribution in [1.29, 1.82) is 0 Å². The number of likely N-dealkylation sites (tertiary alicyclic amines) is 1. The SMILES string of the molecule is CC(C)CC(O)C(=O)N(C)[C@H]1CC[C@@]2(C)C(=CC[C@H]3[C@@H]4CC[C@@H]5[C@H](C)N(C)C[C@@]54CC[C@@H]32)C1. The van der Waals surface area contributed by atoms with E-state index in [1.807, 2.05) is 11.9 Å². The minimum absolute atomic E-state index is 0.0809. The molecule has 0 bridgehead atoms. The molecule has 0 aromatic rings. The summed E-state index contributed by atoms with van der Waals surface area (Å²) in [5, 5.41) is 10.4. The molecule has 4 heteroatoms. The van der Waals surface area contributed by atoms with Crippen LogP contribution in [0.4, 0.5) is 0 Å². The van der Waals surface area contributed by atoms with Gasteiger partial charge in [-0.05, 0) is 112 Å². The first kappa shape index (κ1) is 23.9. The number of hydrogen-bond acceptors (Lipinski definition) is 3. The van der Waals surface area contributed by atoms with Crippen LogP contribution in [0.1, 0.15) is 85.5 Å².